The van der Waals surface area contributed by atoms with Gasteiger partial charge in [0.1, 0.15) is 5.41 Å². The molecule has 98 valence electrons. The number of carbonyl (C=O) groups excluding carboxylic acids is 3. The Morgan fingerprint density at radius 2 is 1.95 bits per heavy atom. The largest absolute Gasteiger partial charge is 0.335 e. The van der Waals surface area contributed by atoms with Crippen LogP contribution in [0.15, 0.2) is 18.2 Å². The molecule has 2 fully saturated rings. The number of benzene rings is 1. The molecule has 5 nitrogen and oxygen atoms in total. The fraction of sp³-hybridized carbons (Fsp3) is 0.308. The summed E-state index contributed by atoms with van der Waals surface area (Å²) in [5.74, 6) is -0.919. The first-order valence-electron chi connectivity index (χ1n) is 5.92. The highest BCUT2D eigenvalue weighted by atomic mass is 35.5. The van der Waals surface area contributed by atoms with Crippen LogP contribution in [0, 0.1) is 12.3 Å². The molecule has 1 saturated carbocycles. The molecule has 1 heterocycles. The Morgan fingerprint density at radius 3 is 2.53 bits per heavy atom. The fourth-order valence-corrected chi connectivity index (χ4v) is 2.56. The molecule has 1 aromatic rings. The molecule has 4 amide bonds. The molecule has 0 radical (unpaired) electrons. The molecule has 1 spiro atoms. The summed E-state index contributed by atoms with van der Waals surface area (Å²) in [7, 11) is 0. The first kappa shape index (κ1) is 12.2. The van der Waals surface area contributed by atoms with Crippen molar-refractivity contribution in [3.05, 3.63) is 28.8 Å². The van der Waals surface area contributed by atoms with E-state index in [1.54, 1.807) is 25.1 Å². The summed E-state index contributed by atoms with van der Waals surface area (Å²) in [5.41, 5.74) is 0.145. The summed E-state index contributed by atoms with van der Waals surface area (Å²) < 4.78 is 0. The van der Waals surface area contributed by atoms with Crippen LogP contribution in [0.2, 0.25) is 5.02 Å². The Balaban J connectivity index is 2.06. The van der Waals surface area contributed by atoms with Gasteiger partial charge >= 0.3 is 6.03 Å². The number of hydrogen-bond donors (Lipinski definition) is 1. The Hall–Kier alpha value is -1.88. The van der Waals surface area contributed by atoms with Crippen molar-refractivity contribution in [2.24, 2.45) is 5.41 Å². The van der Waals surface area contributed by atoms with Crippen molar-refractivity contribution in [3.63, 3.8) is 0 Å². The lowest BCUT2D eigenvalue weighted by Crippen LogP contribution is -2.59. The number of amides is 4. The van der Waals surface area contributed by atoms with Crippen molar-refractivity contribution in [1.29, 1.82) is 0 Å². The number of anilines is 1. The van der Waals surface area contributed by atoms with Gasteiger partial charge in [-0.25, -0.2) is 9.69 Å². The van der Waals surface area contributed by atoms with Gasteiger partial charge in [-0.05, 0) is 43.5 Å². The summed E-state index contributed by atoms with van der Waals surface area (Å²) in [6.07, 6.45) is 0.988. The van der Waals surface area contributed by atoms with E-state index < -0.39 is 23.3 Å². The van der Waals surface area contributed by atoms with Gasteiger partial charge in [-0.2, -0.15) is 0 Å². The van der Waals surface area contributed by atoms with Crippen LogP contribution in [-0.4, -0.2) is 17.8 Å². The number of nitrogens with one attached hydrogen (secondary N) is 1. The second kappa shape index (κ2) is 3.81. The topological polar surface area (TPSA) is 66.5 Å². The molecule has 1 saturated heterocycles. The Labute approximate surface area is 114 Å². The van der Waals surface area contributed by atoms with Crippen LogP contribution in [0.4, 0.5) is 10.5 Å². The lowest BCUT2D eigenvalue weighted by atomic mass is 10.0. The summed E-state index contributed by atoms with van der Waals surface area (Å²) >= 11 is 5.86. The van der Waals surface area contributed by atoms with Gasteiger partial charge in [0.15, 0.2) is 0 Å². The lowest BCUT2D eigenvalue weighted by molar-refractivity contribution is -0.136. The van der Waals surface area contributed by atoms with Gasteiger partial charge in [0.05, 0.1) is 5.69 Å². The molecule has 0 bridgehead atoms. The zero-order valence-electron chi connectivity index (χ0n) is 10.2. The van der Waals surface area contributed by atoms with E-state index in [1.165, 1.54) is 0 Å². The highest BCUT2D eigenvalue weighted by Gasteiger charge is 2.62. The molecule has 0 atom stereocenters. The monoisotopic (exact) mass is 278 g/mol. The van der Waals surface area contributed by atoms with Crippen LogP contribution in [0.25, 0.3) is 0 Å². The number of hydrogen-bond acceptors (Lipinski definition) is 3. The Kier molecular flexibility index (Phi) is 2.44. The first-order valence-corrected chi connectivity index (χ1v) is 6.30. The van der Waals surface area contributed by atoms with E-state index in [1.807, 2.05) is 0 Å². The molecule has 1 aliphatic carbocycles. The normalized spacial score (nSPS) is 20.7. The van der Waals surface area contributed by atoms with Crippen molar-refractivity contribution in [3.8, 4) is 0 Å². The molecule has 2 aliphatic rings. The predicted octanol–water partition coefficient (Wildman–Crippen LogP) is 2.01. The SMILES string of the molecule is Cc1cc(Cl)ccc1N1C(=O)NC(=O)C2(CC2)C1=O. The number of rotatable bonds is 1. The van der Waals surface area contributed by atoms with Gasteiger partial charge in [0.2, 0.25) is 5.91 Å². The summed E-state index contributed by atoms with van der Waals surface area (Å²) in [4.78, 5) is 37.0. The van der Waals surface area contributed by atoms with Gasteiger partial charge < -0.3 is 0 Å². The van der Waals surface area contributed by atoms with Gasteiger partial charge in [-0.1, -0.05) is 11.6 Å². The van der Waals surface area contributed by atoms with Gasteiger partial charge in [-0.3, -0.25) is 14.9 Å². The minimum atomic E-state index is -1.03. The smallest absolute Gasteiger partial charge is 0.276 e. The number of urea groups is 1. The van der Waals surface area contributed by atoms with Crippen LogP contribution in [-0.2, 0) is 9.59 Å². The third-order valence-electron chi connectivity index (χ3n) is 3.62. The molecule has 0 aromatic heterocycles. The molecule has 1 N–H and O–H groups in total. The zero-order valence-corrected chi connectivity index (χ0v) is 11.0. The van der Waals surface area contributed by atoms with E-state index in [-0.39, 0.29) is 0 Å². The minimum Gasteiger partial charge on any atom is -0.276 e. The van der Waals surface area contributed by atoms with Crippen molar-refractivity contribution < 1.29 is 14.4 Å². The van der Waals surface area contributed by atoms with E-state index in [0.717, 1.165) is 4.90 Å². The average Bonchev–Trinajstić information content (AvgIpc) is 3.11. The molecular weight excluding hydrogens is 268 g/mol. The van der Waals surface area contributed by atoms with Crippen LogP contribution < -0.4 is 10.2 Å². The number of nitrogens with zero attached hydrogens (tertiary/aromatic N) is 1. The van der Waals surface area contributed by atoms with E-state index in [4.69, 9.17) is 11.6 Å². The molecule has 1 aromatic carbocycles. The minimum absolute atomic E-state index is 0.438. The maximum Gasteiger partial charge on any atom is 0.335 e. The van der Waals surface area contributed by atoms with E-state index in [2.05, 4.69) is 5.32 Å². The van der Waals surface area contributed by atoms with Crippen LogP contribution >= 0.6 is 11.6 Å². The maximum absolute atomic E-state index is 12.4. The van der Waals surface area contributed by atoms with Crippen molar-refractivity contribution in [2.75, 3.05) is 4.90 Å². The molecule has 1 aliphatic heterocycles. The quantitative estimate of drug-likeness (QED) is 0.799. The van der Waals surface area contributed by atoms with Crippen molar-refractivity contribution >= 4 is 35.1 Å². The fourth-order valence-electron chi connectivity index (χ4n) is 2.33. The third-order valence-corrected chi connectivity index (χ3v) is 3.86. The number of aryl methyl sites for hydroxylation is 1. The highest BCUT2D eigenvalue weighted by Crippen LogP contribution is 2.49. The highest BCUT2D eigenvalue weighted by molar-refractivity contribution is 6.32. The maximum atomic E-state index is 12.4. The molecule has 0 unspecified atom stereocenters. The van der Waals surface area contributed by atoms with Crippen molar-refractivity contribution in [2.45, 2.75) is 19.8 Å². The standard InChI is InChI=1S/C13H11ClN2O3/c1-7-6-8(14)2-3-9(7)16-11(18)13(4-5-13)10(17)15-12(16)19/h2-3,6H,4-5H2,1H3,(H,15,17,19). The third kappa shape index (κ3) is 1.65. The van der Waals surface area contributed by atoms with Crippen LogP contribution in [0.1, 0.15) is 18.4 Å². The van der Waals surface area contributed by atoms with E-state index in [9.17, 15) is 14.4 Å². The van der Waals surface area contributed by atoms with Crippen LogP contribution in [0.5, 0.6) is 0 Å². The molecule has 3 rings (SSSR count). The zero-order chi connectivity index (χ0) is 13.8. The van der Waals surface area contributed by atoms with Gasteiger partial charge in [-0.15, -0.1) is 0 Å². The summed E-state index contributed by atoms with van der Waals surface area (Å²) in [6.45, 7) is 1.76. The van der Waals surface area contributed by atoms with Gasteiger partial charge in [0, 0.05) is 5.02 Å². The van der Waals surface area contributed by atoms with Crippen molar-refractivity contribution in [1.82, 2.24) is 5.32 Å². The lowest BCUT2D eigenvalue weighted by Gasteiger charge is -2.31. The Bertz CT molecular complexity index is 622. The van der Waals surface area contributed by atoms with Gasteiger partial charge in [0.25, 0.3) is 5.91 Å². The van der Waals surface area contributed by atoms with E-state index in [0.29, 0.717) is 29.1 Å². The number of imide groups is 2. The average molecular weight is 279 g/mol. The summed E-state index contributed by atoms with van der Waals surface area (Å²) in [6, 6.07) is 4.20. The number of carbonyl (C=O) groups is 3. The summed E-state index contributed by atoms with van der Waals surface area (Å²) in [5, 5.41) is 2.78. The number of barbiturate groups is 1. The molecule has 6 heteroatoms. The second-order valence-corrected chi connectivity index (χ2v) is 5.35. The Morgan fingerprint density at radius 1 is 1.26 bits per heavy atom. The first-order chi connectivity index (χ1) is 8.95. The molecule has 19 heavy (non-hydrogen) atoms. The van der Waals surface area contributed by atoms with E-state index >= 15 is 0 Å². The second-order valence-electron chi connectivity index (χ2n) is 4.91. The number of halogens is 1. The predicted molar refractivity (Wildman–Crippen MR) is 68.9 cm³/mol. The molecular formula is C13H11ClN2O3. The van der Waals surface area contributed by atoms with Crippen LogP contribution in [0.3, 0.4) is 0 Å².